The minimum absolute atomic E-state index is 0.0478. The molecule has 0 fully saturated rings. The summed E-state index contributed by atoms with van der Waals surface area (Å²) in [6.45, 7) is 3.72. The molecule has 0 amide bonds. The molecule has 0 saturated heterocycles. The largest absolute Gasteiger partial charge is 0.452 e. The molecule has 2 heterocycles. The summed E-state index contributed by atoms with van der Waals surface area (Å²) >= 11 is 0. The average molecular weight is 499 g/mol. The highest BCUT2D eigenvalue weighted by atomic mass is 32.2. The van der Waals surface area contributed by atoms with Crippen molar-refractivity contribution in [3.05, 3.63) is 76.9 Å². The molecular formula is C23H22N4O7S. The van der Waals surface area contributed by atoms with Crippen molar-refractivity contribution in [2.24, 2.45) is 5.92 Å². The van der Waals surface area contributed by atoms with Crippen molar-refractivity contribution in [1.82, 2.24) is 15.5 Å². The number of allylic oxidation sites excluding steroid dienone is 2. The van der Waals surface area contributed by atoms with Crippen LogP contribution < -0.4 is 15.0 Å². The van der Waals surface area contributed by atoms with Gasteiger partial charge in [-0.3, -0.25) is 19.2 Å². The molecule has 35 heavy (non-hydrogen) atoms. The van der Waals surface area contributed by atoms with Gasteiger partial charge in [0.15, 0.2) is 5.78 Å². The number of Topliss-reactive ketones (excluding diaryl/α,β-unsaturated/α-hetero) is 1. The summed E-state index contributed by atoms with van der Waals surface area (Å²) < 4.78 is 36.0. The van der Waals surface area contributed by atoms with Gasteiger partial charge in [0.1, 0.15) is 12.3 Å². The summed E-state index contributed by atoms with van der Waals surface area (Å²) in [4.78, 5) is 29.0. The third-order valence-electron chi connectivity index (χ3n) is 5.20. The molecule has 1 N–H and O–H groups in total. The van der Waals surface area contributed by atoms with Gasteiger partial charge in [0, 0.05) is 12.3 Å². The topological polar surface area (TPSA) is 155 Å². The Hall–Kier alpha value is -4.06. The Morgan fingerprint density at radius 2 is 1.89 bits per heavy atom. The molecule has 3 aromatic rings. The van der Waals surface area contributed by atoms with Gasteiger partial charge in [-0.2, -0.15) is 0 Å². The third kappa shape index (κ3) is 4.92. The van der Waals surface area contributed by atoms with Gasteiger partial charge >= 0.3 is 10.9 Å². The molecule has 0 radical (unpaired) electrons. The molecule has 0 bridgehead atoms. The number of sulfone groups is 1. The highest BCUT2D eigenvalue weighted by Crippen LogP contribution is 2.25. The molecule has 0 aliphatic heterocycles. The van der Waals surface area contributed by atoms with Gasteiger partial charge in [-0.25, -0.2) is 8.42 Å². The second-order valence-electron chi connectivity index (χ2n) is 8.29. The maximum absolute atomic E-state index is 13.0. The first-order valence-corrected chi connectivity index (χ1v) is 12.2. The predicted molar refractivity (Wildman–Crippen MR) is 120 cm³/mol. The third-order valence-corrected chi connectivity index (χ3v) is 6.93. The van der Waals surface area contributed by atoms with Gasteiger partial charge in [0.25, 0.3) is 9.84 Å². The van der Waals surface area contributed by atoms with Gasteiger partial charge in [-0.15, -0.1) is 0 Å². The number of hydrogen-bond acceptors (Lipinski definition) is 10. The van der Waals surface area contributed by atoms with E-state index in [4.69, 9.17) is 4.74 Å². The van der Waals surface area contributed by atoms with Crippen molar-refractivity contribution >= 4 is 21.4 Å². The fourth-order valence-electron chi connectivity index (χ4n) is 3.67. The van der Waals surface area contributed by atoms with E-state index in [0.717, 1.165) is 0 Å². The molecule has 12 heteroatoms. The molecule has 1 unspecified atom stereocenters. The number of ketones is 2. The van der Waals surface area contributed by atoms with Crippen LogP contribution in [0.2, 0.25) is 0 Å². The number of pyridine rings is 1. The molecule has 11 nitrogen and oxygen atoms in total. The Bertz CT molecular complexity index is 1400. The maximum Gasteiger partial charge on any atom is 0.415 e. The summed E-state index contributed by atoms with van der Waals surface area (Å²) in [5.74, 6) is -1.17. The van der Waals surface area contributed by atoms with E-state index in [1.54, 1.807) is 12.1 Å². The van der Waals surface area contributed by atoms with E-state index in [2.05, 4.69) is 20.1 Å². The van der Waals surface area contributed by atoms with Crippen LogP contribution >= 0.6 is 0 Å². The number of hydrogen-bond donors (Lipinski definition) is 1. The number of nitrogens with one attached hydrogen (secondary N) is 1. The molecule has 1 atom stereocenters. The van der Waals surface area contributed by atoms with Crippen molar-refractivity contribution in [2.45, 2.75) is 36.2 Å². The Balaban J connectivity index is 1.56. The summed E-state index contributed by atoms with van der Waals surface area (Å²) in [5, 5.41) is 17.8. The SMILES string of the molecule is CC(C)CC(COc1no[n+]([O-])c1S(=O)(=O)c1ccccc1)NC1=CC(=O)c2cccnc2C1=O. The number of carbonyl (C=O) groups is 2. The Kier molecular flexibility index (Phi) is 6.65. The number of carbonyl (C=O) groups excluding carboxylic acids is 2. The molecule has 0 spiro atoms. The van der Waals surface area contributed by atoms with E-state index in [-0.39, 0.29) is 45.1 Å². The minimum atomic E-state index is -4.27. The summed E-state index contributed by atoms with van der Waals surface area (Å²) in [6, 6.07) is 9.90. The summed E-state index contributed by atoms with van der Waals surface area (Å²) in [5.41, 5.74) is 0.316. The lowest BCUT2D eigenvalue weighted by Crippen LogP contribution is -2.39. The van der Waals surface area contributed by atoms with E-state index >= 15 is 0 Å². The zero-order valence-corrected chi connectivity index (χ0v) is 19.7. The first-order chi connectivity index (χ1) is 16.7. The van der Waals surface area contributed by atoms with Crippen molar-refractivity contribution in [3.8, 4) is 5.88 Å². The van der Waals surface area contributed by atoms with Crippen LogP contribution in [0, 0.1) is 11.1 Å². The van der Waals surface area contributed by atoms with Crippen molar-refractivity contribution < 1.29 is 32.3 Å². The van der Waals surface area contributed by atoms with E-state index < -0.39 is 32.6 Å². The second kappa shape index (κ2) is 9.66. The van der Waals surface area contributed by atoms with Gasteiger partial charge in [-0.05, 0) is 41.5 Å². The molecule has 182 valence electrons. The Labute approximate surface area is 200 Å². The molecule has 1 aliphatic carbocycles. The highest BCUT2D eigenvalue weighted by Gasteiger charge is 2.36. The molecule has 1 aromatic carbocycles. The number of benzene rings is 1. The Morgan fingerprint density at radius 3 is 2.60 bits per heavy atom. The van der Waals surface area contributed by atoms with Crippen LogP contribution in [0.4, 0.5) is 0 Å². The van der Waals surface area contributed by atoms with Crippen LogP contribution in [-0.4, -0.2) is 42.8 Å². The zero-order chi connectivity index (χ0) is 25.2. The number of rotatable bonds is 9. The number of nitrogens with zero attached hydrogens (tertiary/aromatic N) is 3. The van der Waals surface area contributed by atoms with Gasteiger partial charge in [-0.1, -0.05) is 32.0 Å². The summed E-state index contributed by atoms with van der Waals surface area (Å²) in [7, 11) is -4.27. The predicted octanol–water partition coefficient (Wildman–Crippen LogP) is 1.88. The molecule has 4 rings (SSSR count). The standard InChI is InChI=1S/C23H22N4O7S/c1-14(2)11-15(25-18-12-19(28)17-9-6-10-24-20(17)21(18)29)13-33-22-23(27(30)34-26-22)35(31,32)16-7-4-3-5-8-16/h3-10,12,14-15,25H,11,13H2,1-2H3. The maximum atomic E-state index is 13.0. The summed E-state index contributed by atoms with van der Waals surface area (Å²) in [6.07, 6.45) is 3.12. The quantitative estimate of drug-likeness (QED) is 0.432. The normalized spacial score (nSPS) is 14.4. The second-order valence-corrected chi connectivity index (χ2v) is 10.2. The van der Waals surface area contributed by atoms with Crippen LogP contribution in [-0.2, 0) is 9.84 Å². The lowest BCUT2D eigenvalue weighted by atomic mass is 9.96. The van der Waals surface area contributed by atoms with E-state index in [9.17, 15) is 23.2 Å². The number of fused-ring (bicyclic) bond motifs is 1. The van der Waals surface area contributed by atoms with E-state index in [0.29, 0.717) is 6.42 Å². The van der Waals surface area contributed by atoms with Gasteiger partial charge in [0.2, 0.25) is 5.78 Å². The van der Waals surface area contributed by atoms with Crippen LogP contribution in [0.25, 0.3) is 0 Å². The number of aromatic nitrogens is 3. The zero-order valence-electron chi connectivity index (χ0n) is 18.9. The smallest absolute Gasteiger partial charge is 0.415 e. The molecule has 1 aliphatic rings. The van der Waals surface area contributed by atoms with Gasteiger partial charge in [0.05, 0.1) is 27.4 Å². The van der Waals surface area contributed by atoms with Crippen LogP contribution in [0.3, 0.4) is 0 Å². The fraction of sp³-hybridized carbons (Fsp3) is 0.261. The molecule has 2 aromatic heterocycles. The van der Waals surface area contributed by atoms with E-state index in [1.807, 2.05) is 13.8 Å². The minimum Gasteiger partial charge on any atom is -0.452 e. The first-order valence-electron chi connectivity index (χ1n) is 10.7. The van der Waals surface area contributed by atoms with Crippen molar-refractivity contribution in [2.75, 3.05) is 6.61 Å². The first kappa shape index (κ1) is 24.1. The molecule has 0 saturated carbocycles. The number of ether oxygens (including phenoxy) is 1. The molecular weight excluding hydrogens is 476 g/mol. The average Bonchev–Trinajstić information content (AvgIpc) is 3.22. The Morgan fingerprint density at radius 1 is 1.14 bits per heavy atom. The van der Waals surface area contributed by atoms with Crippen molar-refractivity contribution in [1.29, 1.82) is 0 Å². The van der Waals surface area contributed by atoms with E-state index in [1.165, 1.54) is 42.6 Å². The van der Waals surface area contributed by atoms with Crippen LogP contribution in [0.15, 0.2) is 75.0 Å². The lowest BCUT2D eigenvalue weighted by Gasteiger charge is -2.24. The van der Waals surface area contributed by atoms with Crippen LogP contribution in [0.5, 0.6) is 5.88 Å². The van der Waals surface area contributed by atoms with Crippen LogP contribution in [0.1, 0.15) is 41.1 Å². The lowest BCUT2D eigenvalue weighted by molar-refractivity contribution is -0.832. The fourth-order valence-corrected chi connectivity index (χ4v) is 4.97. The van der Waals surface area contributed by atoms with Gasteiger partial charge < -0.3 is 15.3 Å². The monoisotopic (exact) mass is 498 g/mol. The highest BCUT2D eigenvalue weighted by molar-refractivity contribution is 7.91. The van der Waals surface area contributed by atoms with Crippen molar-refractivity contribution in [3.63, 3.8) is 0 Å².